The largest absolute Gasteiger partial charge is 0.400 e. The van der Waals surface area contributed by atoms with Crippen LogP contribution < -0.4 is 5.73 Å². The fourth-order valence-corrected chi connectivity index (χ4v) is 2.13. The van der Waals surface area contributed by atoms with E-state index in [1.165, 1.54) is 0 Å². The predicted octanol–water partition coefficient (Wildman–Crippen LogP) is 3.62. The number of hydrogen-bond acceptors (Lipinski definition) is 3. The molecule has 0 fully saturated rings. The molecule has 4 nitrogen and oxygen atoms in total. The predicted molar refractivity (Wildman–Crippen MR) is 80.4 cm³/mol. The Balaban J connectivity index is 3.18. The number of nitrogens with zero attached hydrogens (tertiary/aromatic N) is 3. The molecule has 1 atom stereocenters. The summed E-state index contributed by atoms with van der Waals surface area (Å²) in [7, 11) is 0. The van der Waals surface area contributed by atoms with Crippen molar-refractivity contribution in [3.05, 3.63) is 17.8 Å². The lowest BCUT2D eigenvalue weighted by Gasteiger charge is -2.29. The van der Waals surface area contributed by atoms with E-state index in [0.29, 0.717) is 5.92 Å². The highest BCUT2D eigenvalue weighted by Crippen LogP contribution is 2.36. The van der Waals surface area contributed by atoms with Gasteiger partial charge >= 0.3 is 0 Å². The minimum absolute atomic E-state index is 0.0506. The van der Waals surface area contributed by atoms with E-state index in [1.54, 1.807) is 6.33 Å². The van der Waals surface area contributed by atoms with Gasteiger partial charge in [-0.25, -0.2) is 0 Å². The zero-order valence-electron chi connectivity index (χ0n) is 13.4. The number of hydrogen-bond donors (Lipinski definition) is 1. The molecule has 0 saturated heterocycles. The maximum absolute atomic E-state index is 6.15. The van der Waals surface area contributed by atoms with Crippen LogP contribution in [0.25, 0.3) is 6.20 Å². The van der Waals surface area contributed by atoms with Crippen molar-refractivity contribution >= 4 is 6.20 Å². The summed E-state index contributed by atoms with van der Waals surface area (Å²) in [5, 5.41) is 8.35. The summed E-state index contributed by atoms with van der Waals surface area (Å²) in [6.07, 6.45) is 4.72. The Labute approximate surface area is 117 Å². The lowest BCUT2D eigenvalue weighted by Crippen LogP contribution is -2.22. The lowest BCUT2D eigenvalue weighted by molar-refractivity contribution is 0.299. The molecule has 0 aliphatic rings. The van der Waals surface area contributed by atoms with Crippen molar-refractivity contribution in [1.82, 2.24) is 14.8 Å². The molecule has 0 aliphatic carbocycles. The van der Waals surface area contributed by atoms with E-state index in [1.807, 2.05) is 10.8 Å². The van der Waals surface area contributed by atoms with Crippen LogP contribution in [0.2, 0.25) is 0 Å². The first-order chi connectivity index (χ1) is 8.57. The molecule has 1 aromatic heterocycles. The quantitative estimate of drug-likeness (QED) is 0.907. The Kier molecular flexibility index (Phi) is 4.43. The third-order valence-corrected chi connectivity index (χ3v) is 3.51. The van der Waals surface area contributed by atoms with Crippen molar-refractivity contribution in [2.24, 2.45) is 16.6 Å². The highest BCUT2D eigenvalue weighted by Gasteiger charge is 2.28. The number of rotatable bonds is 3. The Morgan fingerprint density at radius 2 is 1.89 bits per heavy atom. The monoisotopic (exact) mass is 264 g/mol. The first-order valence-electron chi connectivity index (χ1n) is 6.94. The molecule has 1 rings (SSSR count). The van der Waals surface area contributed by atoms with Crippen LogP contribution in [0.4, 0.5) is 0 Å². The maximum Gasteiger partial charge on any atom is 0.140 e. The van der Waals surface area contributed by atoms with E-state index in [2.05, 4.69) is 58.7 Å². The van der Waals surface area contributed by atoms with Gasteiger partial charge in [-0.3, -0.25) is 4.57 Å². The fraction of sp³-hybridized carbons (Fsp3) is 0.733. The molecule has 1 heterocycles. The summed E-state index contributed by atoms with van der Waals surface area (Å²) in [6, 6.07) is 0. The van der Waals surface area contributed by atoms with Crippen LogP contribution in [0.15, 0.2) is 12.0 Å². The highest BCUT2D eigenvalue weighted by molar-refractivity contribution is 5.33. The minimum Gasteiger partial charge on any atom is -0.400 e. The van der Waals surface area contributed by atoms with Gasteiger partial charge in [-0.15, -0.1) is 10.2 Å². The molecule has 0 bridgehead atoms. The number of allylic oxidation sites excluding steroid dienone is 1. The van der Waals surface area contributed by atoms with Gasteiger partial charge in [0.2, 0.25) is 0 Å². The second-order valence-corrected chi connectivity index (χ2v) is 7.26. The van der Waals surface area contributed by atoms with E-state index >= 15 is 0 Å². The van der Waals surface area contributed by atoms with Gasteiger partial charge in [0, 0.05) is 23.2 Å². The van der Waals surface area contributed by atoms with Crippen molar-refractivity contribution in [2.45, 2.75) is 60.8 Å². The minimum atomic E-state index is -0.0506. The molecule has 0 saturated carbocycles. The van der Waals surface area contributed by atoms with Crippen LogP contribution >= 0.6 is 0 Å². The molecule has 0 aromatic carbocycles. The van der Waals surface area contributed by atoms with Gasteiger partial charge in [0.15, 0.2) is 0 Å². The van der Waals surface area contributed by atoms with Crippen LogP contribution in [0.5, 0.6) is 0 Å². The maximum atomic E-state index is 6.15. The molecule has 0 radical (unpaired) electrons. The Bertz CT molecular complexity index is 443. The number of nitrogens with two attached hydrogens (primary N) is 1. The molecule has 1 unspecified atom stereocenters. The molecular formula is C15H28N4. The van der Waals surface area contributed by atoms with Crippen LogP contribution in [0.1, 0.15) is 66.6 Å². The van der Waals surface area contributed by atoms with E-state index in [9.17, 15) is 0 Å². The van der Waals surface area contributed by atoms with Gasteiger partial charge in [-0.05, 0) is 11.8 Å². The van der Waals surface area contributed by atoms with Crippen LogP contribution in [0, 0.1) is 10.8 Å². The van der Waals surface area contributed by atoms with Gasteiger partial charge < -0.3 is 5.73 Å². The molecule has 4 heteroatoms. The molecular weight excluding hydrogens is 236 g/mol. The van der Waals surface area contributed by atoms with E-state index in [-0.39, 0.29) is 10.8 Å². The molecule has 0 amide bonds. The average Bonchev–Trinajstić information content (AvgIpc) is 2.63. The van der Waals surface area contributed by atoms with Crippen molar-refractivity contribution in [2.75, 3.05) is 0 Å². The molecule has 1 aromatic rings. The first kappa shape index (κ1) is 15.7. The molecule has 0 spiro atoms. The first-order valence-corrected chi connectivity index (χ1v) is 6.94. The Morgan fingerprint density at radius 1 is 1.32 bits per heavy atom. The third-order valence-electron chi connectivity index (χ3n) is 3.51. The smallest absolute Gasteiger partial charge is 0.140 e. The van der Waals surface area contributed by atoms with Gasteiger partial charge in [-0.1, -0.05) is 48.5 Å². The van der Waals surface area contributed by atoms with Crippen molar-refractivity contribution in [1.29, 1.82) is 0 Å². The van der Waals surface area contributed by atoms with Gasteiger partial charge in [0.25, 0.3) is 0 Å². The van der Waals surface area contributed by atoms with E-state index < -0.39 is 0 Å². The third kappa shape index (κ3) is 3.82. The number of aromatic nitrogens is 3. The highest BCUT2D eigenvalue weighted by atomic mass is 15.3. The Hall–Kier alpha value is -1.32. The summed E-state index contributed by atoms with van der Waals surface area (Å²) >= 11 is 0. The molecule has 108 valence electrons. The summed E-state index contributed by atoms with van der Waals surface area (Å²) < 4.78 is 1.97. The fourth-order valence-electron chi connectivity index (χ4n) is 2.13. The standard InChI is InChI=1S/C15H28N4/c1-8-11(14(2,3)4)13-18-17-10-19(13)9-12(16)15(5,6)7/h9-11H,8,16H2,1-7H3/b12-9-. The SMILES string of the molecule is CCC(c1nncn1/C=C(\N)C(C)(C)C)C(C)(C)C. The van der Waals surface area contributed by atoms with Crippen LogP contribution in [0.3, 0.4) is 0 Å². The van der Waals surface area contributed by atoms with Gasteiger partial charge in [0.05, 0.1) is 0 Å². The summed E-state index contributed by atoms with van der Waals surface area (Å²) in [6.45, 7) is 15.2. The van der Waals surface area contributed by atoms with Gasteiger partial charge in [0.1, 0.15) is 12.2 Å². The average molecular weight is 264 g/mol. The normalized spacial score (nSPS) is 15.6. The van der Waals surface area contributed by atoms with Crippen molar-refractivity contribution in [3.8, 4) is 0 Å². The molecule has 19 heavy (non-hydrogen) atoms. The topological polar surface area (TPSA) is 56.7 Å². The van der Waals surface area contributed by atoms with Crippen LogP contribution in [-0.2, 0) is 0 Å². The zero-order valence-corrected chi connectivity index (χ0v) is 13.4. The van der Waals surface area contributed by atoms with Gasteiger partial charge in [-0.2, -0.15) is 0 Å². The molecule has 0 aliphatic heterocycles. The van der Waals surface area contributed by atoms with Crippen molar-refractivity contribution in [3.63, 3.8) is 0 Å². The summed E-state index contributed by atoms with van der Waals surface area (Å²) in [4.78, 5) is 0. The lowest BCUT2D eigenvalue weighted by atomic mass is 9.78. The summed E-state index contributed by atoms with van der Waals surface area (Å²) in [5.41, 5.74) is 7.08. The van der Waals surface area contributed by atoms with Crippen LogP contribution in [-0.4, -0.2) is 14.8 Å². The second-order valence-electron chi connectivity index (χ2n) is 7.26. The van der Waals surface area contributed by atoms with Crippen molar-refractivity contribution < 1.29 is 0 Å². The second kappa shape index (κ2) is 5.35. The molecule has 2 N–H and O–H groups in total. The van der Waals surface area contributed by atoms with E-state index in [0.717, 1.165) is 17.9 Å². The zero-order chi connectivity index (χ0) is 14.8. The summed E-state index contributed by atoms with van der Waals surface area (Å²) in [5.74, 6) is 1.35. The Morgan fingerprint density at radius 3 is 2.32 bits per heavy atom. The van der Waals surface area contributed by atoms with E-state index in [4.69, 9.17) is 5.73 Å².